The second kappa shape index (κ2) is 7.17. The van der Waals surface area contributed by atoms with Gasteiger partial charge in [0.25, 0.3) is 0 Å². The number of aromatic amines is 1. The van der Waals surface area contributed by atoms with E-state index in [9.17, 15) is 4.79 Å². The molecule has 2 aromatic carbocycles. The van der Waals surface area contributed by atoms with Crippen LogP contribution in [0.15, 0.2) is 66.9 Å². The topological polar surface area (TPSA) is 91.9 Å². The smallest absolute Gasteiger partial charge is 0.323 e. The fourth-order valence-electron chi connectivity index (χ4n) is 2.64. The number of rotatable bonds is 4. The van der Waals surface area contributed by atoms with E-state index in [0.717, 1.165) is 16.6 Å². The van der Waals surface area contributed by atoms with E-state index in [1.54, 1.807) is 30.3 Å². The molecule has 134 valence electrons. The highest BCUT2D eigenvalue weighted by Crippen LogP contribution is 2.23. The van der Waals surface area contributed by atoms with Crippen LogP contribution < -0.4 is 15.4 Å². The summed E-state index contributed by atoms with van der Waals surface area (Å²) in [5.41, 5.74) is 3.07. The molecule has 7 heteroatoms. The van der Waals surface area contributed by atoms with E-state index in [1.165, 1.54) is 0 Å². The predicted molar refractivity (Wildman–Crippen MR) is 104 cm³/mol. The highest BCUT2D eigenvalue weighted by molar-refractivity contribution is 6.05. The van der Waals surface area contributed by atoms with E-state index in [2.05, 4.69) is 25.8 Å². The number of hydrogen-bond donors (Lipinski definition) is 3. The number of nitrogens with zero attached hydrogens (tertiary/aromatic N) is 2. The number of fused-ring (bicyclic) bond motifs is 1. The minimum Gasteiger partial charge on any atom is -0.438 e. The minimum absolute atomic E-state index is 0.324. The van der Waals surface area contributed by atoms with Gasteiger partial charge in [-0.1, -0.05) is 12.1 Å². The first kappa shape index (κ1) is 16.6. The van der Waals surface area contributed by atoms with Crippen molar-refractivity contribution in [2.24, 2.45) is 0 Å². The Balaban J connectivity index is 1.40. The van der Waals surface area contributed by atoms with Crippen molar-refractivity contribution in [2.75, 3.05) is 10.6 Å². The molecule has 3 N–H and O–H groups in total. The van der Waals surface area contributed by atoms with E-state index in [4.69, 9.17) is 4.74 Å². The molecule has 2 heterocycles. The average molecular weight is 359 g/mol. The first-order chi connectivity index (χ1) is 13.2. The second-order valence-corrected chi connectivity index (χ2v) is 5.97. The molecule has 0 aliphatic carbocycles. The third-order valence-electron chi connectivity index (χ3n) is 3.94. The highest BCUT2D eigenvalue weighted by Gasteiger charge is 2.07. The number of aromatic nitrogens is 3. The molecule has 0 atom stereocenters. The highest BCUT2D eigenvalue weighted by atomic mass is 16.5. The molecule has 2 amide bonds. The van der Waals surface area contributed by atoms with Crippen LogP contribution in [0.5, 0.6) is 11.6 Å². The van der Waals surface area contributed by atoms with E-state index < -0.39 is 0 Å². The number of carbonyl (C=O) groups is 1. The summed E-state index contributed by atoms with van der Waals surface area (Å²) in [7, 11) is 0. The number of carbonyl (C=O) groups excluding carboxylic acids is 1. The van der Waals surface area contributed by atoms with Gasteiger partial charge in [-0.25, -0.2) is 4.79 Å². The molecule has 4 rings (SSSR count). The summed E-state index contributed by atoms with van der Waals surface area (Å²) in [6.07, 6.45) is 1.84. The Morgan fingerprint density at radius 1 is 0.963 bits per heavy atom. The second-order valence-electron chi connectivity index (χ2n) is 5.97. The summed E-state index contributed by atoms with van der Waals surface area (Å²) >= 11 is 0. The maximum Gasteiger partial charge on any atom is 0.323 e. The minimum atomic E-state index is -0.324. The zero-order valence-electron chi connectivity index (χ0n) is 14.6. The number of aryl methyl sites for hydroxylation is 1. The summed E-state index contributed by atoms with van der Waals surface area (Å²) in [6.45, 7) is 1.86. The Kier molecular flexibility index (Phi) is 4.40. The van der Waals surface area contributed by atoms with Crippen molar-refractivity contribution in [3.63, 3.8) is 0 Å². The number of hydrogen-bond acceptors (Lipinski definition) is 4. The van der Waals surface area contributed by atoms with Crippen LogP contribution in [0.3, 0.4) is 0 Å². The fourth-order valence-corrected chi connectivity index (χ4v) is 2.64. The van der Waals surface area contributed by atoms with E-state index in [-0.39, 0.29) is 6.03 Å². The normalized spacial score (nSPS) is 10.6. The molecule has 27 heavy (non-hydrogen) atoms. The maximum absolute atomic E-state index is 12.3. The zero-order chi connectivity index (χ0) is 18.6. The number of H-pyrrole nitrogens is 1. The summed E-state index contributed by atoms with van der Waals surface area (Å²) in [5, 5.41) is 14.6. The van der Waals surface area contributed by atoms with Crippen LogP contribution in [0.4, 0.5) is 16.2 Å². The molecule has 4 aromatic rings. The van der Waals surface area contributed by atoms with Crippen molar-refractivity contribution in [2.45, 2.75) is 6.92 Å². The lowest BCUT2D eigenvalue weighted by Gasteiger charge is -2.09. The van der Waals surface area contributed by atoms with Gasteiger partial charge >= 0.3 is 6.03 Å². The van der Waals surface area contributed by atoms with Crippen molar-refractivity contribution in [3.8, 4) is 11.6 Å². The third kappa shape index (κ3) is 3.87. The molecule has 0 aliphatic rings. The lowest BCUT2D eigenvalue weighted by atomic mass is 10.2. The summed E-state index contributed by atoms with van der Waals surface area (Å²) in [4.78, 5) is 15.4. The first-order valence-corrected chi connectivity index (χ1v) is 8.40. The monoisotopic (exact) mass is 359 g/mol. The van der Waals surface area contributed by atoms with Crippen LogP contribution in [0.2, 0.25) is 0 Å². The van der Waals surface area contributed by atoms with Gasteiger partial charge in [0.05, 0.1) is 16.9 Å². The van der Waals surface area contributed by atoms with E-state index in [1.807, 2.05) is 43.5 Å². The third-order valence-corrected chi connectivity index (χ3v) is 3.94. The van der Waals surface area contributed by atoms with Gasteiger partial charge in [-0.2, -0.15) is 5.10 Å². The van der Waals surface area contributed by atoms with Crippen LogP contribution in [0, 0.1) is 6.92 Å². The van der Waals surface area contributed by atoms with Crippen LogP contribution in [0.25, 0.3) is 10.9 Å². The molecule has 0 aliphatic heterocycles. The Hall–Kier alpha value is -3.87. The Labute approximate surface area is 155 Å². The number of benzene rings is 2. The summed E-state index contributed by atoms with van der Waals surface area (Å²) in [6, 6.07) is 17.9. The van der Waals surface area contributed by atoms with Gasteiger partial charge < -0.3 is 20.4 Å². The lowest BCUT2D eigenvalue weighted by molar-refractivity contribution is 0.262. The number of ether oxygens (including phenoxy) is 1. The number of anilines is 2. The largest absolute Gasteiger partial charge is 0.438 e. The van der Waals surface area contributed by atoms with Crippen LogP contribution in [-0.2, 0) is 0 Å². The van der Waals surface area contributed by atoms with Gasteiger partial charge in [-0.05, 0) is 49.4 Å². The number of amides is 2. The molecule has 7 nitrogen and oxygen atoms in total. The summed E-state index contributed by atoms with van der Waals surface area (Å²) in [5.74, 6) is 1.02. The average Bonchev–Trinajstić information content (AvgIpc) is 3.15. The molecule has 2 aromatic heterocycles. The predicted octanol–water partition coefficient (Wildman–Crippen LogP) is 4.70. The molecule has 0 radical (unpaired) electrons. The van der Waals surface area contributed by atoms with Gasteiger partial charge in [-0.15, -0.1) is 5.10 Å². The van der Waals surface area contributed by atoms with Crippen molar-refractivity contribution >= 4 is 28.3 Å². The molecule has 0 bridgehead atoms. The van der Waals surface area contributed by atoms with Crippen LogP contribution >= 0.6 is 0 Å². The zero-order valence-corrected chi connectivity index (χ0v) is 14.6. The molecule has 0 saturated carbocycles. The molecule has 0 spiro atoms. The number of nitrogens with one attached hydrogen (secondary N) is 3. The van der Waals surface area contributed by atoms with Crippen LogP contribution in [-0.4, -0.2) is 21.2 Å². The Morgan fingerprint density at radius 2 is 1.81 bits per heavy atom. The van der Waals surface area contributed by atoms with Crippen molar-refractivity contribution < 1.29 is 9.53 Å². The van der Waals surface area contributed by atoms with Crippen molar-refractivity contribution in [3.05, 3.63) is 72.6 Å². The van der Waals surface area contributed by atoms with E-state index in [0.29, 0.717) is 23.0 Å². The fraction of sp³-hybridized carbons (Fsp3) is 0.0500. The van der Waals surface area contributed by atoms with Crippen molar-refractivity contribution in [1.82, 2.24) is 15.2 Å². The molecular formula is C20H17N5O2. The van der Waals surface area contributed by atoms with Gasteiger partial charge in [0.15, 0.2) is 0 Å². The molecule has 0 saturated heterocycles. The van der Waals surface area contributed by atoms with Gasteiger partial charge in [0, 0.05) is 23.3 Å². The summed E-state index contributed by atoms with van der Waals surface area (Å²) < 4.78 is 5.62. The van der Waals surface area contributed by atoms with Crippen molar-refractivity contribution in [1.29, 1.82) is 0 Å². The lowest BCUT2D eigenvalue weighted by Crippen LogP contribution is -2.19. The molecule has 0 fully saturated rings. The number of para-hydroxylation sites is 1. The van der Waals surface area contributed by atoms with E-state index >= 15 is 0 Å². The standard InChI is InChI=1S/C20H17N5O2/c1-13-5-10-18(25-24-13)27-16-8-6-15(7-9-16)22-20(26)23-17-4-2-3-14-11-12-21-19(14)17/h2-12,21H,1H3,(H2,22,23,26). The van der Waals surface area contributed by atoms with Gasteiger partial charge in [0.2, 0.25) is 5.88 Å². The Morgan fingerprint density at radius 3 is 2.59 bits per heavy atom. The first-order valence-electron chi connectivity index (χ1n) is 8.40. The number of urea groups is 1. The molecular weight excluding hydrogens is 342 g/mol. The SMILES string of the molecule is Cc1ccc(Oc2ccc(NC(=O)Nc3cccc4cc[nH]c34)cc2)nn1. The van der Waals surface area contributed by atoms with Crippen LogP contribution in [0.1, 0.15) is 5.69 Å². The Bertz CT molecular complexity index is 1070. The van der Waals surface area contributed by atoms with Gasteiger partial charge in [0.1, 0.15) is 5.75 Å². The molecule has 0 unspecified atom stereocenters. The quantitative estimate of drug-likeness (QED) is 0.492. The van der Waals surface area contributed by atoms with Gasteiger partial charge in [-0.3, -0.25) is 0 Å². The maximum atomic E-state index is 12.3.